The summed E-state index contributed by atoms with van der Waals surface area (Å²) in [6.07, 6.45) is 2.59. The van der Waals surface area contributed by atoms with E-state index < -0.39 is 0 Å². The lowest BCUT2D eigenvalue weighted by Crippen LogP contribution is -2.13. The lowest BCUT2D eigenvalue weighted by Gasteiger charge is -2.11. The highest BCUT2D eigenvalue weighted by molar-refractivity contribution is 6.09. The second-order valence-corrected chi connectivity index (χ2v) is 3.40. The summed E-state index contributed by atoms with van der Waals surface area (Å²) in [5.74, 6) is 0.673. The van der Waals surface area contributed by atoms with Crippen LogP contribution in [0, 0.1) is 5.41 Å². The molecule has 0 saturated heterocycles. The molecular formula is C12H18N4O. The topological polar surface area (TPSA) is 97.1 Å². The van der Waals surface area contributed by atoms with Crippen molar-refractivity contribution in [3.8, 4) is 5.75 Å². The molecule has 0 radical (unpaired) electrons. The molecule has 5 heteroatoms. The summed E-state index contributed by atoms with van der Waals surface area (Å²) >= 11 is 0. The molecule has 1 aromatic carbocycles. The van der Waals surface area contributed by atoms with Crippen molar-refractivity contribution in [3.63, 3.8) is 0 Å². The molecule has 0 fully saturated rings. The zero-order valence-corrected chi connectivity index (χ0v) is 9.86. The van der Waals surface area contributed by atoms with Crippen LogP contribution in [0.25, 0.3) is 5.57 Å². The van der Waals surface area contributed by atoms with Gasteiger partial charge in [-0.05, 0) is 12.1 Å². The summed E-state index contributed by atoms with van der Waals surface area (Å²) < 4.78 is 5.28. The Morgan fingerprint density at radius 2 is 2.29 bits per heavy atom. The number of hydrogen-bond donors (Lipinski definition) is 4. The molecule has 1 aromatic rings. The zero-order valence-electron chi connectivity index (χ0n) is 9.86. The van der Waals surface area contributed by atoms with Gasteiger partial charge in [0.1, 0.15) is 5.75 Å². The van der Waals surface area contributed by atoms with Crippen LogP contribution in [0.4, 0.5) is 5.69 Å². The van der Waals surface area contributed by atoms with Crippen molar-refractivity contribution in [2.45, 2.75) is 0 Å². The Bertz CT molecular complexity index is 415. The predicted molar refractivity (Wildman–Crippen MR) is 71.5 cm³/mol. The first-order valence-corrected chi connectivity index (χ1v) is 5.31. The fourth-order valence-corrected chi connectivity index (χ4v) is 1.47. The lowest BCUT2D eigenvalue weighted by molar-refractivity contribution is 0.414. The maximum atomic E-state index is 7.27. The molecular weight excluding hydrogens is 216 g/mol. The average molecular weight is 234 g/mol. The Balaban J connectivity index is 3.04. The maximum absolute atomic E-state index is 7.27. The molecule has 0 aromatic heterocycles. The van der Waals surface area contributed by atoms with Crippen molar-refractivity contribution in [1.82, 2.24) is 0 Å². The summed E-state index contributed by atoms with van der Waals surface area (Å²) in [6.45, 7) is 1.27. The number of ether oxygens (including phenoxy) is 1. The number of hydrogen-bond acceptors (Lipinski definition) is 5. The van der Waals surface area contributed by atoms with Gasteiger partial charge < -0.3 is 26.9 Å². The van der Waals surface area contributed by atoms with Crippen molar-refractivity contribution in [1.29, 1.82) is 5.41 Å². The van der Waals surface area contributed by atoms with Crippen LogP contribution in [-0.2, 0) is 0 Å². The Morgan fingerprint density at radius 3 is 2.82 bits per heavy atom. The molecule has 17 heavy (non-hydrogen) atoms. The van der Waals surface area contributed by atoms with E-state index >= 15 is 0 Å². The van der Waals surface area contributed by atoms with Crippen molar-refractivity contribution in [2.75, 3.05) is 25.5 Å². The first-order chi connectivity index (χ1) is 8.26. The third-order valence-electron chi connectivity index (χ3n) is 2.32. The Hall–Kier alpha value is -2.01. The second-order valence-electron chi connectivity index (χ2n) is 3.40. The number of benzene rings is 1. The first kappa shape index (κ1) is 13.1. The minimum Gasteiger partial charge on any atom is -0.496 e. The summed E-state index contributed by atoms with van der Waals surface area (Å²) in [7, 11) is 1.59. The Kier molecular flexibility index (Phi) is 5.03. The maximum Gasteiger partial charge on any atom is 0.128 e. The molecule has 5 nitrogen and oxygen atoms in total. The van der Waals surface area contributed by atoms with Gasteiger partial charge in [0.2, 0.25) is 0 Å². The molecule has 0 aliphatic heterocycles. The number of methoxy groups -OCH3 is 1. The normalized spacial score (nSPS) is 11.1. The van der Waals surface area contributed by atoms with E-state index in [1.807, 2.05) is 18.2 Å². The SMILES string of the molecule is COc1cc(NCCN)ccc1/C(C=N)=C/N. The van der Waals surface area contributed by atoms with Crippen molar-refractivity contribution < 1.29 is 4.74 Å². The highest BCUT2D eigenvalue weighted by Gasteiger charge is 2.07. The van der Waals surface area contributed by atoms with Crippen LogP contribution in [0.5, 0.6) is 5.75 Å². The summed E-state index contributed by atoms with van der Waals surface area (Å²) in [6, 6.07) is 5.62. The fourth-order valence-electron chi connectivity index (χ4n) is 1.47. The van der Waals surface area contributed by atoms with Crippen LogP contribution < -0.4 is 21.5 Å². The molecule has 0 aliphatic carbocycles. The van der Waals surface area contributed by atoms with Crippen LogP contribution in [-0.4, -0.2) is 26.4 Å². The van der Waals surface area contributed by atoms with Crippen LogP contribution >= 0.6 is 0 Å². The van der Waals surface area contributed by atoms with E-state index in [0.29, 0.717) is 24.4 Å². The van der Waals surface area contributed by atoms with Gasteiger partial charge in [-0.25, -0.2) is 0 Å². The largest absolute Gasteiger partial charge is 0.496 e. The van der Waals surface area contributed by atoms with E-state index in [4.69, 9.17) is 21.6 Å². The molecule has 0 unspecified atom stereocenters. The van der Waals surface area contributed by atoms with Crippen molar-refractivity contribution >= 4 is 17.5 Å². The van der Waals surface area contributed by atoms with Crippen molar-refractivity contribution in [3.05, 3.63) is 30.0 Å². The fraction of sp³-hybridized carbons (Fsp3) is 0.250. The summed E-state index contributed by atoms with van der Waals surface area (Å²) in [5.41, 5.74) is 13.2. The van der Waals surface area contributed by atoms with E-state index in [1.54, 1.807) is 7.11 Å². The summed E-state index contributed by atoms with van der Waals surface area (Å²) in [4.78, 5) is 0. The van der Waals surface area contributed by atoms with Gasteiger partial charge in [0.05, 0.1) is 7.11 Å². The van der Waals surface area contributed by atoms with Crippen LogP contribution in [0.1, 0.15) is 5.56 Å². The monoisotopic (exact) mass is 234 g/mol. The molecule has 92 valence electrons. The molecule has 1 rings (SSSR count). The highest BCUT2D eigenvalue weighted by atomic mass is 16.5. The van der Waals surface area contributed by atoms with Crippen LogP contribution in [0.3, 0.4) is 0 Å². The standard InChI is InChI=1S/C12H18N4O/c1-17-12-6-10(16-5-4-13)2-3-11(12)9(7-14)8-15/h2-3,6-8,14,16H,4-5,13,15H2,1H3/b9-8+,14-7?. The Morgan fingerprint density at radius 1 is 1.53 bits per heavy atom. The highest BCUT2D eigenvalue weighted by Crippen LogP contribution is 2.27. The quantitative estimate of drug-likeness (QED) is 0.552. The van der Waals surface area contributed by atoms with Gasteiger partial charge >= 0.3 is 0 Å². The Labute approximate surface area is 101 Å². The van der Waals surface area contributed by atoms with E-state index in [-0.39, 0.29) is 0 Å². The van der Waals surface area contributed by atoms with Gasteiger partial charge in [-0.3, -0.25) is 0 Å². The molecule has 0 spiro atoms. The number of anilines is 1. The second kappa shape index (κ2) is 6.55. The molecule has 6 N–H and O–H groups in total. The average Bonchev–Trinajstić information content (AvgIpc) is 2.38. The molecule has 0 amide bonds. The smallest absolute Gasteiger partial charge is 0.128 e. The van der Waals surface area contributed by atoms with Gasteiger partial charge in [0, 0.05) is 48.4 Å². The third-order valence-corrected chi connectivity index (χ3v) is 2.32. The molecule has 0 bridgehead atoms. The van der Waals surface area contributed by atoms with E-state index in [9.17, 15) is 0 Å². The molecule has 0 heterocycles. The minimum absolute atomic E-state index is 0.568. The molecule has 0 saturated carbocycles. The first-order valence-electron chi connectivity index (χ1n) is 5.31. The summed E-state index contributed by atoms with van der Waals surface area (Å²) in [5, 5.41) is 10.4. The predicted octanol–water partition coefficient (Wildman–Crippen LogP) is 1.01. The van der Waals surface area contributed by atoms with Gasteiger partial charge in [-0.1, -0.05) is 0 Å². The van der Waals surface area contributed by atoms with E-state index in [2.05, 4.69) is 5.32 Å². The number of nitrogens with one attached hydrogen (secondary N) is 2. The van der Waals surface area contributed by atoms with Crippen molar-refractivity contribution in [2.24, 2.45) is 11.5 Å². The van der Waals surface area contributed by atoms with E-state index in [0.717, 1.165) is 11.3 Å². The molecule has 0 aliphatic rings. The van der Waals surface area contributed by atoms with Crippen LogP contribution in [0.2, 0.25) is 0 Å². The van der Waals surface area contributed by atoms with Gasteiger partial charge in [0.25, 0.3) is 0 Å². The zero-order chi connectivity index (χ0) is 12.7. The van der Waals surface area contributed by atoms with Gasteiger partial charge in [-0.15, -0.1) is 0 Å². The van der Waals surface area contributed by atoms with Gasteiger partial charge in [-0.2, -0.15) is 0 Å². The minimum atomic E-state index is 0.568. The number of rotatable bonds is 6. The van der Waals surface area contributed by atoms with E-state index in [1.165, 1.54) is 12.4 Å². The van der Waals surface area contributed by atoms with Crippen LogP contribution in [0.15, 0.2) is 24.4 Å². The molecule has 0 atom stereocenters. The third kappa shape index (κ3) is 3.22. The van der Waals surface area contributed by atoms with Gasteiger partial charge in [0.15, 0.2) is 0 Å². The number of allylic oxidation sites excluding steroid dienone is 1. The lowest BCUT2D eigenvalue weighted by atomic mass is 10.1. The number of nitrogens with two attached hydrogens (primary N) is 2.